The van der Waals surface area contributed by atoms with Crippen LogP contribution in [0.2, 0.25) is 0 Å². The summed E-state index contributed by atoms with van der Waals surface area (Å²) in [6.07, 6.45) is 0.698. The number of rotatable bonds is 8. The van der Waals surface area contributed by atoms with Crippen LogP contribution in [0.4, 0.5) is 4.39 Å². The molecule has 1 N–H and O–H groups in total. The first kappa shape index (κ1) is 22.7. The number of amides is 1. The van der Waals surface area contributed by atoms with Gasteiger partial charge in [0.15, 0.2) is 11.6 Å². The fourth-order valence-corrected chi connectivity index (χ4v) is 5.41. The maximum Gasteiger partial charge on any atom is 0.233 e. The van der Waals surface area contributed by atoms with E-state index in [0.717, 1.165) is 0 Å². The fraction of sp³-hybridized carbons (Fsp3) is 0.350. The number of carbonyl (C=O) groups is 1. The van der Waals surface area contributed by atoms with Crippen LogP contribution in [-0.4, -0.2) is 54.3 Å². The van der Waals surface area contributed by atoms with Crippen molar-refractivity contribution in [1.82, 2.24) is 9.37 Å². The number of nitrogens with zero attached hydrogens (tertiary/aromatic N) is 2. The van der Waals surface area contributed by atoms with Gasteiger partial charge >= 0.3 is 0 Å². The van der Waals surface area contributed by atoms with Crippen molar-refractivity contribution in [2.75, 3.05) is 18.8 Å². The van der Waals surface area contributed by atoms with Crippen LogP contribution in [0.1, 0.15) is 24.4 Å². The van der Waals surface area contributed by atoms with Crippen LogP contribution in [0.25, 0.3) is 0 Å². The number of ether oxygens (including phenoxy) is 1. The predicted octanol–water partition coefficient (Wildman–Crippen LogP) is 3.35. The number of halogens is 2. The Kier molecular flexibility index (Phi) is 7.45. The summed E-state index contributed by atoms with van der Waals surface area (Å²) in [6.45, 7) is 0.415. The van der Waals surface area contributed by atoms with Crippen molar-refractivity contribution < 1.29 is 27.5 Å². The third-order valence-electron chi connectivity index (χ3n) is 4.96. The minimum Gasteiger partial charge on any atom is -0.487 e. The molecule has 1 amide bonds. The SMILES string of the molecule is O=CN(O)C(CS(=O)(=O)N1CCC(Oc2ccc(Br)cc2F)CC1)c1ccccc1. The smallest absolute Gasteiger partial charge is 0.233 e. The Morgan fingerprint density at radius 3 is 2.50 bits per heavy atom. The minimum absolute atomic E-state index is 0.130. The van der Waals surface area contributed by atoms with E-state index in [4.69, 9.17) is 4.74 Å². The van der Waals surface area contributed by atoms with Crippen LogP contribution in [-0.2, 0) is 14.8 Å². The van der Waals surface area contributed by atoms with E-state index in [1.807, 2.05) is 0 Å². The predicted molar refractivity (Wildman–Crippen MR) is 112 cm³/mol. The summed E-state index contributed by atoms with van der Waals surface area (Å²) in [5, 5.41) is 10.3. The van der Waals surface area contributed by atoms with Gasteiger partial charge in [-0.15, -0.1) is 0 Å². The maximum absolute atomic E-state index is 14.0. The van der Waals surface area contributed by atoms with E-state index in [0.29, 0.717) is 27.9 Å². The quantitative estimate of drug-likeness (QED) is 0.341. The van der Waals surface area contributed by atoms with Gasteiger partial charge < -0.3 is 4.74 Å². The first-order chi connectivity index (χ1) is 14.3. The van der Waals surface area contributed by atoms with Crippen LogP contribution in [0, 0.1) is 5.82 Å². The van der Waals surface area contributed by atoms with E-state index in [1.165, 1.54) is 16.4 Å². The number of hydrogen-bond acceptors (Lipinski definition) is 5. The van der Waals surface area contributed by atoms with Gasteiger partial charge in [-0.2, -0.15) is 0 Å². The normalized spacial score (nSPS) is 16.8. The number of hydrogen-bond donors (Lipinski definition) is 1. The van der Waals surface area contributed by atoms with E-state index in [2.05, 4.69) is 15.9 Å². The van der Waals surface area contributed by atoms with Crippen LogP contribution < -0.4 is 4.74 Å². The number of piperidine rings is 1. The van der Waals surface area contributed by atoms with Gasteiger partial charge in [-0.25, -0.2) is 22.2 Å². The second kappa shape index (κ2) is 9.86. The van der Waals surface area contributed by atoms with Gasteiger partial charge in [-0.1, -0.05) is 46.3 Å². The molecule has 162 valence electrons. The van der Waals surface area contributed by atoms with Crippen LogP contribution in [0.3, 0.4) is 0 Å². The zero-order valence-corrected chi connectivity index (χ0v) is 18.4. The Morgan fingerprint density at radius 1 is 1.23 bits per heavy atom. The van der Waals surface area contributed by atoms with E-state index >= 15 is 0 Å². The average molecular weight is 501 g/mol. The fourth-order valence-electron chi connectivity index (χ4n) is 3.36. The molecule has 1 saturated heterocycles. The van der Waals surface area contributed by atoms with Crippen LogP contribution in [0.5, 0.6) is 5.75 Å². The van der Waals surface area contributed by atoms with Crippen LogP contribution >= 0.6 is 15.9 Å². The molecular weight excluding hydrogens is 479 g/mol. The Labute approximate surface area is 183 Å². The standard InChI is InChI=1S/C20H22BrFN2O5S/c21-16-6-7-20(18(22)12-16)29-17-8-10-23(11-9-17)30(27,28)13-19(24(26)14-25)15-4-2-1-3-5-15/h1-7,12,14,17,19,26H,8-11,13H2. The highest BCUT2D eigenvalue weighted by atomic mass is 79.9. The Hall–Kier alpha value is -2.01. The molecule has 1 unspecified atom stereocenters. The molecule has 1 fully saturated rings. The zero-order valence-electron chi connectivity index (χ0n) is 16.0. The summed E-state index contributed by atoms with van der Waals surface area (Å²) >= 11 is 3.19. The second-order valence-electron chi connectivity index (χ2n) is 6.98. The molecule has 0 saturated carbocycles. The molecule has 1 aliphatic heterocycles. The van der Waals surface area contributed by atoms with E-state index in [9.17, 15) is 22.8 Å². The largest absolute Gasteiger partial charge is 0.487 e. The molecule has 1 aliphatic rings. The molecule has 30 heavy (non-hydrogen) atoms. The topological polar surface area (TPSA) is 87.2 Å². The van der Waals surface area contributed by atoms with E-state index < -0.39 is 27.6 Å². The summed E-state index contributed by atoms with van der Waals surface area (Å²) in [7, 11) is -3.76. The molecule has 2 aromatic carbocycles. The molecule has 2 aromatic rings. The summed E-state index contributed by atoms with van der Waals surface area (Å²) < 4.78 is 47.4. The molecule has 10 heteroatoms. The molecule has 0 aromatic heterocycles. The summed E-state index contributed by atoms with van der Waals surface area (Å²) in [4.78, 5) is 11.1. The lowest BCUT2D eigenvalue weighted by atomic mass is 10.1. The second-order valence-corrected chi connectivity index (χ2v) is 9.91. The van der Waals surface area contributed by atoms with Crippen LogP contribution in [0.15, 0.2) is 53.0 Å². The molecule has 0 radical (unpaired) electrons. The van der Waals surface area contributed by atoms with Crippen molar-refractivity contribution in [2.24, 2.45) is 0 Å². The number of sulfonamides is 1. The van der Waals surface area contributed by atoms with Crippen molar-refractivity contribution in [1.29, 1.82) is 0 Å². The highest BCUT2D eigenvalue weighted by Gasteiger charge is 2.33. The van der Waals surface area contributed by atoms with Gasteiger partial charge in [-0.3, -0.25) is 10.0 Å². The molecule has 1 heterocycles. The first-order valence-electron chi connectivity index (χ1n) is 9.37. The Morgan fingerprint density at radius 2 is 1.90 bits per heavy atom. The average Bonchev–Trinajstić information content (AvgIpc) is 2.74. The molecular formula is C20H22BrFN2O5S. The number of hydroxylamine groups is 2. The molecule has 0 spiro atoms. The van der Waals surface area contributed by atoms with Gasteiger partial charge in [0, 0.05) is 17.6 Å². The van der Waals surface area contributed by atoms with Crippen molar-refractivity contribution in [3.8, 4) is 5.75 Å². The third kappa shape index (κ3) is 5.57. The van der Waals surface area contributed by atoms with E-state index in [1.54, 1.807) is 36.4 Å². The monoisotopic (exact) mass is 500 g/mol. The van der Waals surface area contributed by atoms with Crippen molar-refractivity contribution >= 4 is 32.4 Å². The highest BCUT2D eigenvalue weighted by Crippen LogP contribution is 2.27. The maximum atomic E-state index is 14.0. The lowest BCUT2D eigenvalue weighted by Crippen LogP contribution is -2.44. The van der Waals surface area contributed by atoms with Gasteiger partial charge in [0.05, 0.1) is 11.8 Å². The van der Waals surface area contributed by atoms with Gasteiger partial charge in [0.25, 0.3) is 0 Å². The summed E-state index contributed by atoms with van der Waals surface area (Å²) in [6, 6.07) is 12.0. The van der Waals surface area contributed by atoms with Gasteiger partial charge in [-0.05, 0) is 36.6 Å². The molecule has 0 bridgehead atoms. The Bertz CT molecular complexity index is 968. The Balaban J connectivity index is 1.64. The van der Waals surface area contributed by atoms with E-state index in [-0.39, 0.29) is 31.4 Å². The lowest BCUT2D eigenvalue weighted by molar-refractivity contribution is -0.159. The van der Waals surface area contributed by atoms with Gasteiger partial charge in [0.2, 0.25) is 16.4 Å². The number of benzene rings is 2. The zero-order chi connectivity index (χ0) is 21.7. The lowest BCUT2D eigenvalue weighted by Gasteiger charge is -2.33. The van der Waals surface area contributed by atoms with Crippen molar-refractivity contribution in [3.63, 3.8) is 0 Å². The van der Waals surface area contributed by atoms with Gasteiger partial charge in [0.1, 0.15) is 6.10 Å². The molecule has 7 nitrogen and oxygen atoms in total. The first-order valence-corrected chi connectivity index (χ1v) is 11.8. The highest BCUT2D eigenvalue weighted by molar-refractivity contribution is 9.10. The van der Waals surface area contributed by atoms with Crippen molar-refractivity contribution in [3.05, 3.63) is 64.4 Å². The molecule has 0 aliphatic carbocycles. The minimum atomic E-state index is -3.76. The van der Waals surface area contributed by atoms with Crippen molar-refractivity contribution in [2.45, 2.75) is 25.0 Å². The molecule has 3 rings (SSSR count). The third-order valence-corrected chi connectivity index (χ3v) is 7.34. The summed E-state index contributed by atoms with van der Waals surface area (Å²) in [5.41, 5.74) is 0.514. The molecule has 1 atom stereocenters. The number of carbonyl (C=O) groups excluding carboxylic acids is 1. The summed E-state index contributed by atoms with van der Waals surface area (Å²) in [5.74, 6) is -0.799.